The average Bonchev–Trinajstić information content (AvgIpc) is 2.92. The Labute approximate surface area is 135 Å². The lowest BCUT2D eigenvalue weighted by molar-refractivity contribution is -0.129. The molecule has 0 aliphatic carbocycles. The van der Waals surface area contributed by atoms with Crippen LogP contribution in [0.4, 0.5) is 0 Å². The summed E-state index contributed by atoms with van der Waals surface area (Å²) in [7, 11) is 0. The van der Waals surface area contributed by atoms with Gasteiger partial charge in [-0.25, -0.2) is 0 Å². The lowest BCUT2D eigenvalue weighted by Gasteiger charge is -2.34. The van der Waals surface area contributed by atoms with E-state index in [0.717, 1.165) is 13.0 Å². The van der Waals surface area contributed by atoms with Gasteiger partial charge in [0.05, 0.1) is 12.1 Å². The second kappa shape index (κ2) is 5.54. The van der Waals surface area contributed by atoms with Crippen molar-refractivity contribution in [1.29, 1.82) is 0 Å². The van der Waals surface area contributed by atoms with Crippen molar-refractivity contribution in [1.82, 2.24) is 10.2 Å². The summed E-state index contributed by atoms with van der Waals surface area (Å²) in [5.74, 6) is 0.0103. The number of benzene rings is 2. The van der Waals surface area contributed by atoms with E-state index in [0.29, 0.717) is 12.0 Å². The number of hydrogen-bond donors (Lipinski definition) is 1. The molecule has 0 saturated carbocycles. The number of amides is 2. The zero-order valence-corrected chi connectivity index (χ0v) is 12.7. The third kappa shape index (κ3) is 2.40. The van der Waals surface area contributed by atoms with Crippen LogP contribution < -0.4 is 5.32 Å². The fourth-order valence-corrected chi connectivity index (χ4v) is 3.70. The highest BCUT2D eigenvalue weighted by atomic mass is 16.2. The standard InChI is InChI=1S/C19H18N2O2/c22-17-12-16(20-19(23)14-7-2-1-3-8-14)18-15-9-5-4-6-13(15)10-11-21(17)18/h1-9,16,18H,10-12H2,(H,20,23)/t16-,18+/m1/s1. The highest BCUT2D eigenvalue weighted by molar-refractivity contribution is 5.95. The Balaban J connectivity index is 1.63. The van der Waals surface area contributed by atoms with Gasteiger partial charge in [0, 0.05) is 18.5 Å². The molecular weight excluding hydrogens is 288 g/mol. The smallest absolute Gasteiger partial charge is 0.251 e. The molecule has 2 aromatic rings. The Kier molecular flexibility index (Phi) is 3.37. The van der Waals surface area contributed by atoms with Crippen molar-refractivity contribution in [2.24, 2.45) is 0 Å². The summed E-state index contributed by atoms with van der Waals surface area (Å²) in [5.41, 5.74) is 3.08. The zero-order valence-electron chi connectivity index (χ0n) is 12.7. The Morgan fingerprint density at radius 2 is 1.78 bits per heavy atom. The predicted octanol–water partition coefficient (Wildman–Crippen LogP) is 2.31. The molecule has 2 aliphatic heterocycles. The molecule has 2 aromatic carbocycles. The van der Waals surface area contributed by atoms with Crippen LogP contribution in [0.3, 0.4) is 0 Å². The highest BCUT2D eigenvalue weighted by Crippen LogP contribution is 2.38. The Bertz CT molecular complexity index is 757. The van der Waals surface area contributed by atoms with Gasteiger partial charge in [-0.3, -0.25) is 9.59 Å². The largest absolute Gasteiger partial charge is 0.346 e. The van der Waals surface area contributed by atoms with E-state index >= 15 is 0 Å². The first-order chi connectivity index (χ1) is 11.2. The third-order valence-corrected chi connectivity index (χ3v) is 4.78. The molecule has 2 aliphatic rings. The molecule has 0 radical (unpaired) electrons. The fraction of sp³-hybridized carbons (Fsp3) is 0.263. The second-order valence-corrected chi connectivity index (χ2v) is 6.13. The minimum atomic E-state index is -0.170. The minimum Gasteiger partial charge on any atom is -0.346 e. The monoisotopic (exact) mass is 306 g/mol. The van der Waals surface area contributed by atoms with E-state index in [2.05, 4.69) is 17.4 Å². The first-order valence-corrected chi connectivity index (χ1v) is 7.97. The molecule has 4 nitrogen and oxygen atoms in total. The van der Waals surface area contributed by atoms with Gasteiger partial charge in [0.25, 0.3) is 5.91 Å². The lowest BCUT2D eigenvalue weighted by Crippen LogP contribution is -2.42. The number of nitrogens with one attached hydrogen (secondary N) is 1. The van der Waals surface area contributed by atoms with Crippen molar-refractivity contribution in [3.63, 3.8) is 0 Å². The molecule has 0 aromatic heterocycles. The normalized spacial score (nSPS) is 22.4. The molecule has 4 heteroatoms. The molecule has 0 unspecified atom stereocenters. The van der Waals surface area contributed by atoms with Crippen LogP contribution in [0.15, 0.2) is 54.6 Å². The first-order valence-electron chi connectivity index (χ1n) is 7.97. The van der Waals surface area contributed by atoms with Crippen LogP contribution in [0.2, 0.25) is 0 Å². The Morgan fingerprint density at radius 1 is 1.04 bits per heavy atom. The van der Waals surface area contributed by atoms with E-state index in [1.54, 1.807) is 12.1 Å². The maximum atomic E-state index is 12.5. The van der Waals surface area contributed by atoms with Gasteiger partial charge in [-0.15, -0.1) is 0 Å². The third-order valence-electron chi connectivity index (χ3n) is 4.78. The van der Waals surface area contributed by atoms with E-state index in [1.165, 1.54) is 11.1 Å². The van der Waals surface area contributed by atoms with Crippen LogP contribution in [-0.4, -0.2) is 29.3 Å². The van der Waals surface area contributed by atoms with E-state index in [-0.39, 0.29) is 23.9 Å². The van der Waals surface area contributed by atoms with Crippen LogP contribution in [0.5, 0.6) is 0 Å². The van der Waals surface area contributed by atoms with E-state index in [4.69, 9.17) is 0 Å². The van der Waals surface area contributed by atoms with Gasteiger partial charge in [0.15, 0.2) is 0 Å². The summed E-state index contributed by atoms with van der Waals surface area (Å²) >= 11 is 0. The maximum Gasteiger partial charge on any atom is 0.251 e. The van der Waals surface area contributed by atoms with Gasteiger partial charge in [-0.05, 0) is 29.7 Å². The van der Waals surface area contributed by atoms with Crippen LogP contribution in [-0.2, 0) is 11.2 Å². The summed E-state index contributed by atoms with van der Waals surface area (Å²) in [6, 6.07) is 17.2. The zero-order chi connectivity index (χ0) is 15.8. The fourth-order valence-electron chi connectivity index (χ4n) is 3.70. The molecule has 2 amide bonds. The number of rotatable bonds is 2. The van der Waals surface area contributed by atoms with Crippen molar-refractivity contribution in [2.75, 3.05) is 6.54 Å². The molecule has 2 atom stereocenters. The van der Waals surface area contributed by atoms with Crippen LogP contribution in [0.25, 0.3) is 0 Å². The van der Waals surface area contributed by atoms with E-state index < -0.39 is 0 Å². The van der Waals surface area contributed by atoms with Gasteiger partial charge < -0.3 is 10.2 Å². The molecule has 0 bridgehead atoms. The number of nitrogens with zero attached hydrogens (tertiary/aromatic N) is 1. The van der Waals surface area contributed by atoms with Gasteiger partial charge >= 0.3 is 0 Å². The second-order valence-electron chi connectivity index (χ2n) is 6.13. The molecule has 2 heterocycles. The topological polar surface area (TPSA) is 49.4 Å². The average molecular weight is 306 g/mol. The number of carbonyl (C=O) groups is 2. The van der Waals surface area contributed by atoms with Gasteiger partial charge in [0.2, 0.25) is 5.91 Å². The number of hydrogen-bond acceptors (Lipinski definition) is 2. The summed E-state index contributed by atoms with van der Waals surface area (Å²) in [4.78, 5) is 26.7. The first kappa shape index (κ1) is 14.0. The van der Waals surface area contributed by atoms with E-state index in [1.807, 2.05) is 35.2 Å². The quantitative estimate of drug-likeness (QED) is 0.925. The van der Waals surface area contributed by atoms with Crippen molar-refractivity contribution >= 4 is 11.8 Å². The number of carbonyl (C=O) groups excluding carboxylic acids is 2. The van der Waals surface area contributed by atoms with Crippen molar-refractivity contribution in [3.8, 4) is 0 Å². The SMILES string of the molecule is O=C(N[C@@H]1CC(=O)N2CCc3ccccc3[C@@H]12)c1ccccc1. The minimum absolute atomic E-state index is 0.0416. The summed E-state index contributed by atoms with van der Waals surface area (Å²) in [6.45, 7) is 0.734. The molecule has 116 valence electrons. The van der Waals surface area contributed by atoms with Crippen molar-refractivity contribution in [2.45, 2.75) is 24.9 Å². The molecule has 1 fully saturated rings. The molecule has 0 spiro atoms. The van der Waals surface area contributed by atoms with Gasteiger partial charge in [-0.1, -0.05) is 42.5 Å². The molecule has 1 N–H and O–H groups in total. The lowest BCUT2D eigenvalue weighted by atomic mass is 9.90. The predicted molar refractivity (Wildman–Crippen MR) is 86.9 cm³/mol. The Hall–Kier alpha value is -2.62. The van der Waals surface area contributed by atoms with Crippen LogP contribution in [0, 0.1) is 0 Å². The van der Waals surface area contributed by atoms with Crippen molar-refractivity contribution < 1.29 is 9.59 Å². The highest BCUT2D eigenvalue weighted by Gasteiger charge is 2.43. The molecular formula is C19H18N2O2. The summed E-state index contributed by atoms with van der Waals surface area (Å²) < 4.78 is 0. The number of fused-ring (bicyclic) bond motifs is 3. The van der Waals surface area contributed by atoms with Gasteiger partial charge in [-0.2, -0.15) is 0 Å². The van der Waals surface area contributed by atoms with Crippen LogP contribution >= 0.6 is 0 Å². The maximum absolute atomic E-state index is 12.5. The van der Waals surface area contributed by atoms with E-state index in [9.17, 15) is 9.59 Å². The molecule has 1 saturated heterocycles. The summed E-state index contributed by atoms with van der Waals surface area (Å²) in [5, 5.41) is 3.06. The molecule has 23 heavy (non-hydrogen) atoms. The molecule has 4 rings (SSSR count). The van der Waals surface area contributed by atoms with Crippen LogP contribution in [0.1, 0.15) is 33.9 Å². The van der Waals surface area contributed by atoms with Gasteiger partial charge in [0.1, 0.15) is 0 Å². The van der Waals surface area contributed by atoms with Crippen molar-refractivity contribution in [3.05, 3.63) is 71.3 Å². The summed E-state index contributed by atoms with van der Waals surface area (Å²) in [6.07, 6.45) is 1.26. The Morgan fingerprint density at radius 3 is 2.61 bits per heavy atom.